The number of amides is 1. The van der Waals surface area contributed by atoms with Gasteiger partial charge in [-0.3, -0.25) is 14.5 Å². The molecule has 0 aromatic rings. The Morgan fingerprint density at radius 3 is 2.60 bits per heavy atom. The molecule has 1 atom stereocenters. The summed E-state index contributed by atoms with van der Waals surface area (Å²) in [5.74, 6) is 2.27. The molecule has 1 amide bonds. The Bertz CT molecular complexity index is 396. The van der Waals surface area contributed by atoms with Crippen LogP contribution in [0.4, 0.5) is 0 Å². The van der Waals surface area contributed by atoms with Crippen molar-refractivity contribution in [3.63, 3.8) is 0 Å². The van der Waals surface area contributed by atoms with Gasteiger partial charge in [-0.1, -0.05) is 19.8 Å². The lowest BCUT2D eigenvalue weighted by molar-refractivity contribution is -0.145. The van der Waals surface area contributed by atoms with Gasteiger partial charge in [-0.15, -0.1) is 6.42 Å². The summed E-state index contributed by atoms with van der Waals surface area (Å²) in [4.78, 5) is 25.5. The second kappa shape index (κ2) is 7.30. The third-order valence-corrected chi connectivity index (χ3v) is 4.04. The summed E-state index contributed by atoms with van der Waals surface area (Å²) < 4.78 is 4.73. The Balaban J connectivity index is 2.48. The number of ether oxygens (including phenoxy) is 1. The van der Waals surface area contributed by atoms with Crippen molar-refractivity contribution < 1.29 is 14.3 Å². The molecule has 1 aliphatic heterocycles. The largest absolute Gasteiger partial charge is 0.469 e. The highest BCUT2D eigenvalue weighted by molar-refractivity contribution is 5.79. The van der Waals surface area contributed by atoms with Crippen LogP contribution in [0.3, 0.4) is 0 Å². The molecule has 1 aliphatic rings. The molecule has 0 aromatic heterocycles. The summed E-state index contributed by atoms with van der Waals surface area (Å²) in [6.45, 7) is 5.51. The van der Waals surface area contributed by atoms with E-state index in [1.807, 2.05) is 18.7 Å². The molecule has 1 saturated heterocycles. The fraction of sp³-hybridized carbons (Fsp3) is 0.733. The molecule has 1 rings (SSSR count). The van der Waals surface area contributed by atoms with Gasteiger partial charge in [0.15, 0.2) is 0 Å². The molecule has 1 heterocycles. The van der Waals surface area contributed by atoms with Crippen LogP contribution in [0.1, 0.15) is 33.1 Å². The third kappa shape index (κ3) is 3.97. The van der Waals surface area contributed by atoms with Crippen molar-refractivity contribution >= 4 is 11.9 Å². The van der Waals surface area contributed by atoms with Crippen LogP contribution in [0.2, 0.25) is 0 Å². The van der Waals surface area contributed by atoms with Crippen LogP contribution < -0.4 is 5.32 Å². The maximum absolute atomic E-state index is 12.1. The average Bonchev–Trinajstić information content (AvgIpc) is 2.92. The first-order valence-electron chi connectivity index (χ1n) is 7.09. The van der Waals surface area contributed by atoms with Crippen molar-refractivity contribution in [2.75, 3.05) is 26.7 Å². The lowest BCUT2D eigenvalue weighted by Crippen LogP contribution is -2.49. The summed E-state index contributed by atoms with van der Waals surface area (Å²) in [5.41, 5.74) is -0.557. The summed E-state index contributed by atoms with van der Waals surface area (Å²) in [6, 6.07) is 0. The predicted molar refractivity (Wildman–Crippen MR) is 76.9 cm³/mol. The number of methoxy groups -OCH3 is 1. The zero-order valence-corrected chi connectivity index (χ0v) is 12.6. The molecule has 5 nitrogen and oxygen atoms in total. The van der Waals surface area contributed by atoms with E-state index < -0.39 is 5.54 Å². The molecule has 5 heteroatoms. The molecule has 0 saturated carbocycles. The zero-order valence-electron chi connectivity index (χ0n) is 12.6. The Kier molecular flexibility index (Phi) is 6.03. The van der Waals surface area contributed by atoms with Crippen LogP contribution in [-0.2, 0) is 14.3 Å². The van der Waals surface area contributed by atoms with E-state index in [0.717, 1.165) is 13.0 Å². The predicted octanol–water partition coefficient (Wildman–Crippen LogP) is 0.790. The van der Waals surface area contributed by atoms with Gasteiger partial charge in [0.1, 0.15) is 5.54 Å². The van der Waals surface area contributed by atoms with Crippen molar-refractivity contribution in [3.8, 4) is 12.3 Å². The number of rotatable bonds is 6. The van der Waals surface area contributed by atoms with Crippen LogP contribution >= 0.6 is 0 Å². The fourth-order valence-electron chi connectivity index (χ4n) is 2.51. The maximum Gasteiger partial charge on any atom is 0.310 e. The SMILES string of the molecule is C#CC(CC)(CC)NC(=O)CN1CCC(C(=O)OC)C1. The summed E-state index contributed by atoms with van der Waals surface area (Å²) in [5, 5.41) is 2.93. The number of nitrogens with zero attached hydrogens (tertiary/aromatic N) is 1. The van der Waals surface area contributed by atoms with Gasteiger partial charge in [0.05, 0.1) is 19.6 Å². The van der Waals surface area contributed by atoms with Gasteiger partial charge < -0.3 is 10.1 Å². The van der Waals surface area contributed by atoms with Gasteiger partial charge in [-0.05, 0) is 25.8 Å². The van der Waals surface area contributed by atoms with E-state index in [0.29, 0.717) is 19.4 Å². The first-order chi connectivity index (χ1) is 9.50. The van der Waals surface area contributed by atoms with E-state index in [9.17, 15) is 9.59 Å². The van der Waals surface area contributed by atoms with Gasteiger partial charge in [0.2, 0.25) is 5.91 Å². The zero-order chi connectivity index (χ0) is 15.2. The van der Waals surface area contributed by atoms with Crippen molar-refractivity contribution in [3.05, 3.63) is 0 Å². The Hall–Kier alpha value is -1.54. The van der Waals surface area contributed by atoms with Gasteiger partial charge in [0, 0.05) is 6.54 Å². The van der Waals surface area contributed by atoms with Crippen LogP contribution in [0.15, 0.2) is 0 Å². The second-order valence-corrected chi connectivity index (χ2v) is 5.23. The number of likely N-dealkylation sites (tertiary alicyclic amines) is 1. The molecule has 0 aliphatic carbocycles. The van der Waals surface area contributed by atoms with Gasteiger partial charge in [-0.2, -0.15) is 0 Å². The molecule has 0 aromatic carbocycles. The van der Waals surface area contributed by atoms with Crippen molar-refractivity contribution in [2.24, 2.45) is 5.92 Å². The van der Waals surface area contributed by atoms with Crippen LogP contribution in [-0.4, -0.2) is 49.1 Å². The lowest BCUT2D eigenvalue weighted by Gasteiger charge is -2.28. The average molecular weight is 280 g/mol. The quantitative estimate of drug-likeness (QED) is 0.577. The number of terminal acetylenes is 1. The number of nitrogens with one attached hydrogen (secondary N) is 1. The summed E-state index contributed by atoms with van der Waals surface area (Å²) in [6.07, 6.45) is 7.67. The molecule has 0 radical (unpaired) electrons. The van der Waals surface area contributed by atoms with Gasteiger partial charge in [-0.25, -0.2) is 0 Å². The van der Waals surface area contributed by atoms with Crippen molar-refractivity contribution in [1.29, 1.82) is 0 Å². The van der Waals surface area contributed by atoms with Gasteiger partial charge in [0.25, 0.3) is 0 Å². The van der Waals surface area contributed by atoms with E-state index in [-0.39, 0.29) is 24.3 Å². The minimum absolute atomic E-state index is 0.0860. The Morgan fingerprint density at radius 2 is 2.10 bits per heavy atom. The highest BCUT2D eigenvalue weighted by atomic mass is 16.5. The van der Waals surface area contributed by atoms with Crippen LogP contribution in [0.5, 0.6) is 0 Å². The standard InChI is InChI=1S/C15H24N2O3/c1-5-15(6-2,7-3)16-13(18)11-17-9-8-12(10-17)14(19)20-4/h1,12H,6-11H2,2-4H3,(H,16,18). The van der Waals surface area contributed by atoms with Crippen molar-refractivity contribution in [1.82, 2.24) is 10.2 Å². The number of hydrogen-bond acceptors (Lipinski definition) is 4. The third-order valence-electron chi connectivity index (χ3n) is 4.04. The number of esters is 1. The minimum Gasteiger partial charge on any atom is -0.469 e. The molecule has 1 unspecified atom stereocenters. The Labute approximate surface area is 121 Å². The van der Waals surface area contributed by atoms with E-state index >= 15 is 0 Å². The number of carbonyl (C=O) groups is 2. The molecule has 1 N–H and O–H groups in total. The normalized spacial score (nSPS) is 19.4. The van der Waals surface area contributed by atoms with Gasteiger partial charge >= 0.3 is 5.97 Å². The molecule has 0 spiro atoms. The smallest absolute Gasteiger partial charge is 0.310 e. The first kappa shape index (κ1) is 16.5. The lowest BCUT2D eigenvalue weighted by atomic mass is 9.94. The van der Waals surface area contributed by atoms with E-state index in [1.165, 1.54) is 7.11 Å². The molecular weight excluding hydrogens is 256 g/mol. The number of carbonyl (C=O) groups excluding carboxylic acids is 2. The summed E-state index contributed by atoms with van der Waals surface area (Å²) in [7, 11) is 1.39. The van der Waals surface area contributed by atoms with Crippen LogP contribution in [0, 0.1) is 18.3 Å². The molecule has 112 valence electrons. The Morgan fingerprint density at radius 1 is 1.45 bits per heavy atom. The molecule has 20 heavy (non-hydrogen) atoms. The minimum atomic E-state index is -0.557. The first-order valence-corrected chi connectivity index (χ1v) is 7.09. The van der Waals surface area contributed by atoms with Crippen LogP contribution in [0.25, 0.3) is 0 Å². The number of hydrogen-bond donors (Lipinski definition) is 1. The van der Waals surface area contributed by atoms with E-state index in [4.69, 9.17) is 11.2 Å². The van der Waals surface area contributed by atoms with Crippen molar-refractivity contribution in [2.45, 2.75) is 38.6 Å². The topological polar surface area (TPSA) is 58.6 Å². The monoisotopic (exact) mass is 280 g/mol. The van der Waals surface area contributed by atoms with E-state index in [2.05, 4.69) is 11.2 Å². The maximum atomic E-state index is 12.1. The second-order valence-electron chi connectivity index (χ2n) is 5.23. The highest BCUT2D eigenvalue weighted by Gasteiger charge is 2.31. The molecular formula is C15H24N2O3. The fourth-order valence-corrected chi connectivity index (χ4v) is 2.51. The van der Waals surface area contributed by atoms with E-state index in [1.54, 1.807) is 0 Å². The molecule has 1 fully saturated rings. The molecule has 0 bridgehead atoms. The summed E-state index contributed by atoms with van der Waals surface area (Å²) >= 11 is 0. The highest BCUT2D eigenvalue weighted by Crippen LogP contribution is 2.18.